The third-order valence-corrected chi connectivity index (χ3v) is 6.55. The average Bonchev–Trinajstić information content (AvgIpc) is 3.29. The van der Waals surface area contributed by atoms with Crippen molar-refractivity contribution in [3.05, 3.63) is 108 Å². The Morgan fingerprint density at radius 1 is 0.694 bits per heavy atom. The van der Waals surface area contributed by atoms with Crippen LogP contribution in [0, 0.1) is 0 Å². The Kier molecular flexibility index (Phi) is 9.21. The SMILES string of the molecule is CCOC(=O)CCCCCCCC1(Cc2ccccc2)N=C(c2ccccc2)C(c2ccccc2)=N1. The molecule has 1 aliphatic heterocycles. The molecular formula is C32H36N2O2. The molecule has 0 fully saturated rings. The lowest BCUT2D eigenvalue weighted by Crippen LogP contribution is -2.25. The number of carbonyl (C=O) groups is 1. The lowest BCUT2D eigenvalue weighted by atomic mass is 9.94. The molecule has 0 aromatic heterocycles. The smallest absolute Gasteiger partial charge is 0.305 e. The normalized spacial score (nSPS) is 14.2. The van der Waals surface area contributed by atoms with Gasteiger partial charge in [-0.05, 0) is 31.7 Å². The summed E-state index contributed by atoms with van der Waals surface area (Å²) in [5.74, 6) is -0.0872. The van der Waals surface area contributed by atoms with Crippen molar-refractivity contribution in [3.8, 4) is 0 Å². The van der Waals surface area contributed by atoms with Gasteiger partial charge in [0.25, 0.3) is 0 Å². The Morgan fingerprint density at radius 2 is 1.19 bits per heavy atom. The van der Waals surface area contributed by atoms with E-state index < -0.39 is 5.66 Å². The van der Waals surface area contributed by atoms with Crippen LogP contribution in [0.25, 0.3) is 0 Å². The third-order valence-electron chi connectivity index (χ3n) is 6.55. The van der Waals surface area contributed by atoms with Crippen LogP contribution < -0.4 is 0 Å². The van der Waals surface area contributed by atoms with Gasteiger partial charge in [-0.15, -0.1) is 0 Å². The van der Waals surface area contributed by atoms with E-state index in [-0.39, 0.29) is 5.97 Å². The standard InChI is InChI=1S/C32H36N2O2/c1-2-36-29(35)23-15-4-3-5-16-24-32(25-26-17-9-6-10-18-26)33-30(27-19-11-7-12-20-27)31(34-32)28-21-13-8-14-22-28/h6-14,17-22H,2-5,15-16,23-25H2,1H3. The van der Waals surface area contributed by atoms with Crippen LogP contribution in [0.4, 0.5) is 0 Å². The number of rotatable bonds is 13. The van der Waals surface area contributed by atoms with Gasteiger partial charge in [0.2, 0.25) is 0 Å². The molecule has 0 aliphatic carbocycles. The lowest BCUT2D eigenvalue weighted by molar-refractivity contribution is -0.143. The summed E-state index contributed by atoms with van der Waals surface area (Å²) in [4.78, 5) is 22.3. The molecule has 0 amide bonds. The van der Waals surface area contributed by atoms with Gasteiger partial charge < -0.3 is 4.74 Å². The Labute approximate surface area is 215 Å². The van der Waals surface area contributed by atoms with Gasteiger partial charge in [0.1, 0.15) is 0 Å². The molecule has 0 spiro atoms. The highest BCUT2D eigenvalue weighted by Gasteiger charge is 2.36. The highest BCUT2D eigenvalue weighted by molar-refractivity contribution is 6.54. The molecule has 0 bridgehead atoms. The van der Waals surface area contributed by atoms with E-state index in [0.29, 0.717) is 13.0 Å². The zero-order valence-electron chi connectivity index (χ0n) is 21.2. The van der Waals surface area contributed by atoms with Crippen LogP contribution in [0.3, 0.4) is 0 Å². The monoisotopic (exact) mass is 480 g/mol. The first-order valence-corrected chi connectivity index (χ1v) is 13.2. The average molecular weight is 481 g/mol. The van der Waals surface area contributed by atoms with Gasteiger partial charge in [-0.3, -0.25) is 14.8 Å². The zero-order valence-corrected chi connectivity index (χ0v) is 21.2. The number of benzene rings is 3. The minimum atomic E-state index is -0.511. The topological polar surface area (TPSA) is 51.0 Å². The van der Waals surface area contributed by atoms with Crippen molar-refractivity contribution in [2.45, 2.75) is 64.0 Å². The van der Waals surface area contributed by atoms with Gasteiger partial charge >= 0.3 is 5.97 Å². The number of aliphatic imine (C=N–C) groups is 2. The molecule has 36 heavy (non-hydrogen) atoms. The molecule has 0 unspecified atom stereocenters. The largest absolute Gasteiger partial charge is 0.466 e. The van der Waals surface area contributed by atoms with Crippen molar-refractivity contribution in [2.24, 2.45) is 9.98 Å². The summed E-state index contributed by atoms with van der Waals surface area (Å²) in [6, 6.07) is 31.4. The van der Waals surface area contributed by atoms with Crippen LogP contribution in [0.15, 0.2) is 101 Å². The molecule has 0 saturated carbocycles. The van der Waals surface area contributed by atoms with Crippen molar-refractivity contribution < 1.29 is 9.53 Å². The van der Waals surface area contributed by atoms with E-state index in [0.717, 1.165) is 67.5 Å². The van der Waals surface area contributed by atoms with Gasteiger partial charge in [-0.25, -0.2) is 0 Å². The molecule has 3 aromatic carbocycles. The van der Waals surface area contributed by atoms with E-state index in [1.807, 2.05) is 19.1 Å². The predicted octanol–water partition coefficient (Wildman–Crippen LogP) is 7.21. The summed E-state index contributed by atoms with van der Waals surface area (Å²) in [5.41, 5.74) is 4.91. The molecule has 4 heteroatoms. The van der Waals surface area contributed by atoms with Gasteiger partial charge in [-0.2, -0.15) is 0 Å². The van der Waals surface area contributed by atoms with Crippen LogP contribution in [0.5, 0.6) is 0 Å². The molecular weight excluding hydrogens is 444 g/mol. The number of ether oxygens (including phenoxy) is 1. The van der Waals surface area contributed by atoms with Crippen molar-refractivity contribution in [2.75, 3.05) is 6.61 Å². The highest BCUT2D eigenvalue weighted by atomic mass is 16.5. The van der Waals surface area contributed by atoms with Crippen LogP contribution >= 0.6 is 0 Å². The maximum absolute atomic E-state index is 11.6. The van der Waals surface area contributed by atoms with E-state index >= 15 is 0 Å². The van der Waals surface area contributed by atoms with E-state index in [4.69, 9.17) is 14.7 Å². The van der Waals surface area contributed by atoms with Crippen LogP contribution in [0.1, 0.15) is 68.6 Å². The lowest BCUT2D eigenvalue weighted by Gasteiger charge is -2.23. The summed E-state index contributed by atoms with van der Waals surface area (Å²) < 4.78 is 5.03. The number of carbonyl (C=O) groups excluding carboxylic acids is 1. The van der Waals surface area contributed by atoms with E-state index in [9.17, 15) is 4.79 Å². The van der Waals surface area contributed by atoms with Crippen LogP contribution in [-0.2, 0) is 16.0 Å². The Hall–Kier alpha value is -3.53. The van der Waals surface area contributed by atoms with E-state index in [1.54, 1.807) is 0 Å². The van der Waals surface area contributed by atoms with Crippen molar-refractivity contribution >= 4 is 17.4 Å². The molecule has 4 nitrogen and oxygen atoms in total. The molecule has 4 rings (SSSR count). The summed E-state index contributed by atoms with van der Waals surface area (Å²) in [7, 11) is 0. The molecule has 0 N–H and O–H groups in total. The molecule has 1 heterocycles. The first kappa shape index (κ1) is 25.6. The van der Waals surface area contributed by atoms with Gasteiger partial charge in [0.15, 0.2) is 5.66 Å². The number of hydrogen-bond donors (Lipinski definition) is 0. The molecule has 186 valence electrons. The minimum absolute atomic E-state index is 0.0872. The second-order valence-electron chi connectivity index (χ2n) is 9.37. The molecule has 0 saturated heterocycles. The van der Waals surface area contributed by atoms with Gasteiger partial charge in [0, 0.05) is 24.0 Å². The van der Waals surface area contributed by atoms with Crippen LogP contribution in [0.2, 0.25) is 0 Å². The summed E-state index contributed by atoms with van der Waals surface area (Å²) in [5, 5.41) is 0. The maximum atomic E-state index is 11.6. The molecule has 3 aromatic rings. The zero-order chi connectivity index (χ0) is 25.1. The van der Waals surface area contributed by atoms with Crippen molar-refractivity contribution in [3.63, 3.8) is 0 Å². The second-order valence-corrected chi connectivity index (χ2v) is 9.37. The maximum Gasteiger partial charge on any atom is 0.305 e. The fourth-order valence-corrected chi connectivity index (χ4v) is 4.78. The number of nitrogens with zero attached hydrogens (tertiary/aromatic N) is 2. The molecule has 0 atom stereocenters. The van der Waals surface area contributed by atoms with E-state index in [1.165, 1.54) is 5.56 Å². The first-order chi connectivity index (χ1) is 17.7. The highest BCUT2D eigenvalue weighted by Crippen LogP contribution is 2.34. The summed E-state index contributed by atoms with van der Waals surface area (Å²) in [6.45, 7) is 2.31. The fourth-order valence-electron chi connectivity index (χ4n) is 4.78. The van der Waals surface area contributed by atoms with Crippen molar-refractivity contribution in [1.82, 2.24) is 0 Å². The number of unbranched alkanes of at least 4 members (excludes halogenated alkanes) is 4. The minimum Gasteiger partial charge on any atom is -0.466 e. The summed E-state index contributed by atoms with van der Waals surface area (Å²) in [6.07, 6.45) is 7.37. The Morgan fingerprint density at radius 3 is 1.75 bits per heavy atom. The van der Waals surface area contributed by atoms with Gasteiger partial charge in [0.05, 0.1) is 18.0 Å². The number of esters is 1. The third kappa shape index (κ3) is 7.00. The molecule has 1 aliphatic rings. The predicted molar refractivity (Wildman–Crippen MR) is 148 cm³/mol. The van der Waals surface area contributed by atoms with Crippen molar-refractivity contribution in [1.29, 1.82) is 0 Å². The fraction of sp³-hybridized carbons (Fsp3) is 0.344. The first-order valence-electron chi connectivity index (χ1n) is 13.2. The second kappa shape index (κ2) is 13.0. The van der Waals surface area contributed by atoms with Crippen LogP contribution in [-0.4, -0.2) is 29.7 Å². The Balaban J connectivity index is 1.52. The summed E-state index contributed by atoms with van der Waals surface area (Å²) >= 11 is 0. The number of hydrogen-bond acceptors (Lipinski definition) is 4. The van der Waals surface area contributed by atoms with Gasteiger partial charge in [-0.1, -0.05) is 110 Å². The quantitative estimate of drug-likeness (QED) is 0.192. The Bertz CT molecular complexity index is 1100. The van der Waals surface area contributed by atoms with E-state index in [2.05, 4.69) is 78.9 Å². The molecule has 0 radical (unpaired) electrons.